The van der Waals surface area contributed by atoms with Crippen LogP contribution < -0.4 is 0 Å². The summed E-state index contributed by atoms with van der Waals surface area (Å²) in [6.07, 6.45) is 9.87. The standard InChI is InChI=1S/C43H76N2O6/c1-12-49-35-22-30(28(4)21-31(48-11)37(46)39(7,8)47)40(9)17-18-43-26-42(43)16-15-34(38(5,6)32(42)13-14-33(43)41(35,40)10)51-36-25-44(19-20-50-36)29-23-45(24-29)27(2)3/h27-37,46-47H,12-26H2,1-11H3/t28-,30-,31?,32+,33?,34+,35+,36+,37+,40-,41-,42-,43?/m1/s1. The van der Waals surface area contributed by atoms with Gasteiger partial charge in [0.1, 0.15) is 6.10 Å². The van der Waals surface area contributed by atoms with E-state index in [1.807, 2.05) is 0 Å². The quantitative estimate of drug-likeness (QED) is 0.230. The molecular formula is C43H76N2O6. The summed E-state index contributed by atoms with van der Waals surface area (Å²) in [5.74, 6) is 2.19. The minimum atomic E-state index is -1.20. The maximum absolute atomic E-state index is 11.0. The van der Waals surface area contributed by atoms with E-state index in [2.05, 4.69) is 65.2 Å². The summed E-state index contributed by atoms with van der Waals surface area (Å²) >= 11 is 0. The fraction of sp³-hybridized carbons (Fsp3) is 1.00. The summed E-state index contributed by atoms with van der Waals surface area (Å²) in [5, 5.41) is 21.7. The summed E-state index contributed by atoms with van der Waals surface area (Å²) in [4.78, 5) is 5.21. The summed E-state index contributed by atoms with van der Waals surface area (Å²) in [7, 11) is 1.68. The van der Waals surface area contributed by atoms with E-state index in [9.17, 15) is 10.2 Å². The predicted molar refractivity (Wildman–Crippen MR) is 201 cm³/mol. The van der Waals surface area contributed by atoms with Gasteiger partial charge in [-0.2, -0.15) is 0 Å². The second-order valence-electron chi connectivity index (χ2n) is 20.7. The van der Waals surface area contributed by atoms with Crippen molar-refractivity contribution >= 4 is 0 Å². The Hall–Kier alpha value is -0.320. The van der Waals surface area contributed by atoms with Gasteiger partial charge in [0.25, 0.3) is 0 Å². The van der Waals surface area contributed by atoms with Crippen LogP contribution in [0.4, 0.5) is 0 Å². The van der Waals surface area contributed by atoms with Gasteiger partial charge in [0.15, 0.2) is 6.29 Å². The van der Waals surface area contributed by atoms with E-state index in [4.69, 9.17) is 18.9 Å². The highest BCUT2D eigenvalue weighted by atomic mass is 16.7. The average molecular weight is 717 g/mol. The van der Waals surface area contributed by atoms with Crippen LogP contribution in [0.15, 0.2) is 0 Å². The van der Waals surface area contributed by atoms with Crippen molar-refractivity contribution in [3.05, 3.63) is 0 Å². The van der Waals surface area contributed by atoms with Gasteiger partial charge < -0.3 is 29.2 Å². The summed E-state index contributed by atoms with van der Waals surface area (Å²) < 4.78 is 26.1. The normalized spacial score (nSPS) is 46.0. The van der Waals surface area contributed by atoms with Crippen LogP contribution in [0.1, 0.15) is 127 Å². The molecule has 7 aliphatic rings. The Kier molecular flexibility index (Phi) is 10.2. The molecule has 0 radical (unpaired) electrons. The van der Waals surface area contributed by atoms with Gasteiger partial charge in [-0.15, -0.1) is 0 Å². The molecular weight excluding hydrogens is 640 g/mol. The van der Waals surface area contributed by atoms with Crippen molar-refractivity contribution in [1.29, 1.82) is 0 Å². The van der Waals surface area contributed by atoms with Crippen LogP contribution in [0.3, 0.4) is 0 Å². The zero-order chi connectivity index (χ0) is 36.9. The van der Waals surface area contributed by atoms with Gasteiger partial charge in [0, 0.05) is 57.4 Å². The molecule has 2 aliphatic heterocycles. The molecule has 8 heteroatoms. The van der Waals surface area contributed by atoms with Crippen molar-refractivity contribution in [3.63, 3.8) is 0 Å². The average Bonchev–Trinajstić information content (AvgIpc) is 3.65. The number of nitrogens with zero attached hydrogens (tertiary/aromatic N) is 2. The fourth-order valence-electron chi connectivity index (χ4n) is 14.6. The van der Waals surface area contributed by atoms with Crippen molar-refractivity contribution in [3.8, 4) is 0 Å². The van der Waals surface area contributed by atoms with Crippen molar-refractivity contribution in [1.82, 2.24) is 9.80 Å². The topological polar surface area (TPSA) is 83.9 Å². The number of ether oxygens (including phenoxy) is 4. The first-order valence-electron chi connectivity index (χ1n) is 21.2. The van der Waals surface area contributed by atoms with Crippen LogP contribution >= 0.6 is 0 Å². The molecule has 2 saturated heterocycles. The number of aliphatic hydroxyl groups excluding tert-OH is 1. The smallest absolute Gasteiger partial charge is 0.170 e. The molecule has 0 amide bonds. The van der Waals surface area contributed by atoms with E-state index in [-0.39, 0.29) is 34.7 Å². The van der Waals surface area contributed by atoms with E-state index in [1.165, 1.54) is 51.6 Å². The molecule has 8 nitrogen and oxygen atoms in total. The molecule has 2 N–H and O–H groups in total. The lowest BCUT2D eigenvalue weighted by Gasteiger charge is -2.64. The van der Waals surface area contributed by atoms with Gasteiger partial charge in [-0.05, 0) is 138 Å². The Labute approximate surface area is 311 Å². The molecule has 2 heterocycles. The van der Waals surface area contributed by atoms with Crippen LogP contribution in [0.25, 0.3) is 0 Å². The monoisotopic (exact) mass is 717 g/mol. The van der Waals surface area contributed by atoms with Crippen molar-refractivity contribution in [2.45, 2.75) is 175 Å². The molecule has 3 unspecified atom stereocenters. The van der Waals surface area contributed by atoms with Crippen LogP contribution in [0.2, 0.25) is 0 Å². The van der Waals surface area contributed by atoms with E-state index < -0.39 is 17.8 Å². The molecule has 0 bridgehead atoms. The second kappa shape index (κ2) is 13.4. The predicted octanol–water partition coefficient (Wildman–Crippen LogP) is 6.75. The largest absolute Gasteiger partial charge is 0.388 e. The first-order chi connectivity index (χ1) is 23.9. The molecule has 7 fully saturated rings. The number of morpholine rings is 1. The van der Waals surface area contributed by atoms with Crippen LogP contribution in [0, 0.1) is 50.7 Å². The zero-order valence-corrected chi connectivity index (χ0v) is 34.4. The van der Waals surface area contributed by atoms with Crippen molar-refractivity contribution in [2.75, 3.05) is 46.5 Å². The molecule has 5 aliphatic carbocycles. The van der Waals surface area contributed by atoms with E-state index in [0.29, 0.717) is 46.6 Å². The number of hydrogen-bond acceptors (Lipinski definition) is 8. The third kappa shape index (κ3) is 5.87. The molecule has 294 valence electrons. The zero-order valence-electron chi connectivity index (χ0n) is 34.4. The number of aliphatic hydroxyl groups is 2. The van der Waals surface area contributed by atoms with Crippen LogP contribution in [-0.2, 0) is 18.9 Å². The molecule has 0 aromatic heterocycles. The highest BCUT2D eigenvalue weighted by molar-refractivity contribution is 5.32. The van der Waals surface area contributed by atoms with Gasteiger partial charge >= 0.3 is 0 Å². The van der Waals surface area contributed by atoms with Gasteiger partial charge in [-0.25, -0.2) is 0 Å². The molecule has 0 aromatic carbocycles. The Morgan fingerprint density at radius 3 is 2.25 bits per heavy atom. The first-order valence-corrected chi connectivity index (χ1v) is 21.2. The fourth-order valence-corrected chi connectivity index (χ4v) is 14.6. The van der Waals surface area contributed by atoms with Gasteiger partial charge in [-0.1, -0.05) is 34.6 Å². The molecule has 13 atom stereocenters. The number of methoxy groups -OCH3 is 1. The van der Waals surface area contributed by atoms with Crippen molar-refractivity contribution in [2.24, 2.45) is 50.7 Å². The molecule has 0 aromatic rings. The number of hydrogen-bond donors (Lipinski definition) is 2. The van der Waals surface area contributed by atoms with Crippen LogP contribution in [-0.4, -0.2) is 115 Å². The molecule has 2 spiro atoms. The van der Waals surface area contributed by atoms with Gasteiger partial charge in [-0.3, -0.25) is 9.80 Å². The molecule has 5 saturated carbocycles. The van der Waals surface area contributed by atoms with E-state index in [0.717, 1.165) is 45.6 Å². The Balaban J connectivity index is 1.07. The summed E-state index contributed by atoms with van der Waals surface area (Å²) in [6, 6.07) is 1.27. The number of likely N-dealkylation sites (tertiary alicyclic amines) is 1. The van der Waals surface area contributed by atoms with E-state index >= 15 is 0 Å². The Morgan fingerprint density at radius 1 is 0.922 bits per heavy atom. The Morgan fingerprint density at radius 2 is 1.61 bits per heavy atom. The Bertz CT molecular complexity index is 1250. The van der Waals surface area contributed by atoms with Gasteiger partial charge in [0.05, 0.1) is 30.5 Å². The number of fused-ring (bicyclic) bond motifs is 2. The maximum Gasteiger partial charge on any atom is 0.170 e. The lowest BCUT2D eigenvalue weighted by atomic mass is 9.41. The minimum Gasteiger partial charge on any atom is -0.388 e. The summed E-state index contributed by atoms with van der Waals surface area (Å²) in [5.41, 5.74) is 0.0168. The lowest BCUT2D eigenvalue weighted by Crippen LogP contribution is -2.64. The van der Waals surface area contributed by atoms with Gasteiger partial charge in [0.2, 0.25) is 0 Å². The lowest BCUT2D eigenvalue weighted by molar-refractivity contribution is -0.254. The second-order valence-corrected chi connectivity index (χ2v) is 20.7. The number of rotatable bonds is 12. The first kappa shape index (κ1) is 38.9. The van der Waals surface area contributed by atoms with Crippen LogP contribution in [0.5, 0.6) is 0 Å². The minimum absolute atomic E-state index is 0.107. The van der Waals surface area contributed by atoms with Crippen molar-refractivity contribution < 1.29 is 29.2 Å². The van der Waals surface area contributed by atoms with E-state index in [1.54, 1.807) is 21.0 Å². The summed E-state index contributed by atoms with van der Waals surface area (Å²) in [6.45, 7) is 28.7. The molecule has 51 heavy (non-hydrogen) atoms. The highest BCUT2D eigenvalue weighted by Gasteiger charge is 2.83. The highest BCUT2D eigenvalue weighted by Crippen LogP contribution is 2.89. The third-order valence-electron chi connectivity index (χ3n) is 17.7. The SMILES string of the molecule is CCO[C@H]1C[C@H]([C@H](C)CC(OC)[C@H](O)C(C)(C)O)[C@@]2(C)CCC34C[C@@]35CC[C@H](O[C@H]3CN(C6CN(C(C)C)C6)CCO3)C(C)(C)[C@@H]5CCC4[C@]12C. The maximum atomic E-state index is 11.0. The molecule has 7 rings (SSSR count). The third-order valence-corrected chi connectivity index (χ3v) is 17.7.